The maximum absolute atomic E-state index is 11.7. The smallest absolute Gasteiger partial charge is 0.267 e. The first kappa shape index (κ1) is 15.0. The van der Waals surface area contributed by atoms with Crippen molar-refractivity contribution in [2.75, 3.05) is 20.1 Å². The molecule has 2 fully saturated rings. The minimum absolute atomic E-state index is 0.236. The van der Waals surface area contributed by atoms with Crippen LogP contribution >= 0.6 is 0 Å². The van der Waals surface area contributed by atoms with Crippen LogP contribution in [0.1, 0.15) is 37.3 Å². The number of carbonyl (C=O) groups excluding carboxylic acids is 2. The second-order valence-corrected chi connectivity index (χ2v) is 6.05. The SMILES string of the molecule is CN1CCC(c2ccc(OC3CCC(=O)NC3=O)cn2)CC1. The van der Waals surface area contributed by atoms with Gasteiger partial charge in [0.2, 0.25) is 5.91 Å². The lowest BCUT2D eigenvalue weighted by Gasteiger charge is -2.28. The Morgan fingerprint density at radius 3 is 2.64 bits per heavy atom. The van der Waals surface area contributed by atoms with Gasteiger partial charge in [0, 0.05) is 24.5 Å². The van der Waals surface area contributed by atoms with E-state index in [4.69, 9.17) is 4.74 Å². The van der Waals surface area contributed by atoms with Gasteiger partial charge in [0.15, 0.2) is 6.10 Å². The Hall–Kier alpha value is -1.95. The first-order chi connectivity index (χ1) is 10.6. The summed E-state index contributed by atoms with van der Waals surface area (Å²) in [6.45, 7) is 2.20. The van der Waals surface area contributed by atoms with Crippen LogP contribution in [0.25, 0.3) is 0 Å². The molecule has 0 aliphatic carbocycles. The lowest BCUT2D eigenvalue weighted by molar-refractivity contribution is -0.138. The molecule has 1 atom stereocenters. The summed E-state index contributed by atoms with van der Waals surface area (Å²) in [4.78, 5) is 29.6. The van der Waals surface area contributed by atoms with E-state index in [1.54, 1.807) is 6.20 Å². The average Bonchev–Trinajstić information content (AvgIpc) is 2.52. The normalized spacial score (nSPS) is 24.1. The van der Waals surface area contributed by atoms with Gasteiger partial charge in [-0.25, -0.2) is 0 Å². The summed E-state index contributed by atoms with van der Waals surface area (Å²) in [5.74, 6) is 0.475. The molecule has 118 valence electrons. The zero-order chi connectivity index (χ0) is 15.5. The quantitative estimate of drug-likeness (QED) is 0.846. The fraction of sp³-hybridized carbons (Fsp3) is 0.562. The Labute approximate surface area is 129 Å². The molecule has 2 amide bonds. The molecule has 3 rings (SSSR count). The predicted molar refractivity (Wildman–Crippen MR) is 80.5 cm³/mol. The molecule has 6 nitrogen and oxygen atoms in total. The van der Waals surface area contributed by atoms with Gasteiger partial charge in [0.1, 0.15) is 5.75 Å². The van der Waals surface area contributed by atoms with Crippen molar-refractivity contribution in [2.45, 2.75) is 37.7 Å². The molecule has 1 aromatic rings. The fourth-order valence-electron chi connectivity index (χ4n) is 2.96. The second kappa shape index (κ2) is 6.44. The van der Waals surface area contributed by atoms with Gasteiger partial charge in [-0.1, -0.05) is 0 Å². The Kier molecular flexibility index (Phi) is 4.38. The van der Waals surface area contributed by atoms with Crippen LogP contribution < -0.4 is 10.1 Å². The third-order valence-corrected chi connectivity index (χ3v) is 4.36. The number of likely N-dealkylation sites (tertiary alicyclic amines) is 1. The van der Waals surface area contributed by atoms with E-state index in [2.05, 4.69) is 22.2 Å². The van der Waals surface area contributed by atoms with Crippen molar-refractivity contribution in [3.8, 4) is 5.75 Å². The number of aromatic nitrogens is 1. The van der Waals surface area contributed by atoms with Crippen LogP contribution in [0.2, 0.25) is 0 Å². The number of hydrogen-bond donors (Lipinski definition) is 1. The summed E-state index contributed by atoms with van der Waals surface area (Å²) in [6, 6.07) is 3.85. The van der Waals surface area contributed by atoms with Crippen molar-refractivity contribution in [1.82, 2.24) is 15.2 Å². The van der Waals surface area contributed by atoms with Crippen LogP contribution in [-0.2, 0) is 9.59 Å². The highest BCUT2D eigenvalue weighted by Gasteiger charge is 2.28. The number of nitrogens with zero attached hydrogens (tertiary/aromatic N) is 2. The highest BCUT2D eigenvalue weighted by molar-refractivity contribution is 5.99. The number of rotatable bonds is 3. The van der Waals surface area contributed by atoms with E-state index in [0.717, 1.165) is 31.6 Å². The number of carbonyl (C=O) groups is 2. The molecule has 6 heteroatoms. The molecule has 0 saturated carbocycles. The Morgan fingerprint density at radius 2 is 2.00 bits per heavy atom. The maximum atomic E-state index is 11.7. The molecule has 2 saturated heterocycles. The molecule has 0 radical (unpaired) electrons. The Morgan fingerprint density at radius 1 is 1.23 bits per heavy atom. The second-order valence-electron chi connectivity index (χ2n) is 6.05. The summed E-state index contributed by atoms with van der Waals surface area (Å²) >= 11 is 0. The number of piperidine rings is 2. The van der Waals surface area contributed by atoms with Crippen molar-refractivity contribution in [2.24, 2.45) is 0 Å². The summed E-state index contributed by atoms with van der Waals surface area (Å²) in [5, 5.41) is 2.29. The van der Waals surface area contributed by atoms with E-state index in [9.17, 15) is 9.59 Å². The summed E-state index contributed by atoms with van der Waals surface area (Å²) in [6.07, 6.45) is 4.05. The van der Waals surface area contributed by atoms with Crippen LogP contribution in [0.3, 0.4) is 0 Å². The highest BCUT2D eigenvalue weighted by Crippen LogP contribution is 2.27. The molecular formula is C16H21N3O3. The largest absolute Gasteiger partial charge is 0.479 e. The van der Waals surface area contributed by atoms with Crippen LogP contribution in [0.15, 0.2) is 18.3 Å². The molecule has 1 N–H and O–H groups in total. The van der Waals surface area contributed by atoms with Gasteiger partial charge in [-0.15, -0.1) is 0 Å². The van der Waals surface area contributed by atoms with Gasteiger partial charge >= 0.3 is 0 Å². The lowest BCUT2D eigenvalue weighted by Crippen LogP contribution is -2.46. The molecule has 0 aromatic carbocycles. The zero-order valence-electron chi connectivity index (χ0n) is 12.7. The monoisotopic (exact) mass is 303 g/mol. The Balaban J connectivity index is 1.59. The van der Waals surface area contributed by atoms with E-state index in [0.29, 0.717) is 24.5 Å². The third-order valence-electron chi connectivity index (χ3n) is 4.36. The van der Waals surface area contributed by atoms with Gasteiger partial charge < -0.3 is 9.64 Å². The molecule has 3 heterocycles. The highest BCUT2D eigenvalue weighted by atomic mass is 16.5. The number of imide groups is 1. The van der Waals surface area contributed by atoms with Gasteiger partial charge in [0.25, 0.3) is 5.91 Å². The number of pyridine rings is 1. The molecule has 2 aliphatic rings. The first-order valence-corrected chi connectivity index (χ1v) is 7.76. The minimum Gasteiger partial charge on any atom is -0.479 e. The van der Waals surface area contributed by atoms with Crippen molar-refractivity contribution >= 4 is 11.8 Å². The van der Waals surface area contributed by atoms with E-state index < -0.39 is 6.10 Å². The third kappa shape index (κ3) is 3.44. The predicted octanol–water partition coefficient (Wildman–Crippen LogP) is 1.07. The van der Waals surface area contributed by atoms with E-state index in [1.165, 1.54) is 0 Å². The fourth-order valence-corrected chi connectivity index (χ4v) is 2.96. The van der Waals surface area contributed by atoms with Gasteiger partial charge in [0.05, 0.1) is 6.20 Å². The molecule has 1 aromatic heterocycles. The Bertz CT molecular complexity index is 550. The molecule has 2 aliphatic heterocycles. The minimum atomic E-state index is -0.603. The number of hydrogen-bond acceptors (Lipinski definition) is 5. The van der Waals surface area contributed by atoms with Gasteiger partial charge in [-0.2, -0.15) is 0 Å². The van der Waals surface area contributed by atoms with E-state index in [1.807, 2.05) is 12.1 Å². The summed E-state index contributed by atoms with van der Waals surface area (Å²) in [5.41, 5.74) is 1.09. The van der Waals surface area contributed by atoms with Gasteiger partial charge in [-0.05, 0) is 45.1 Å². The van der Waals surface area contributed by atoms with Crippen LogP contribution in [0.5, 0.6) is 5.75 Å². The average molecular weight is 303 g/mol. The first-order valence-electron chi connectivity index (χ1n) is 7.76. The van der Waals surface area contributed by atoms with Crippen LogP contribution in [0, 0.1) is 0 Å². The molecule has 0 spiro atoms. The summed E-state index contributed by atoms with van der Waals surface area (Å²) < 4.78 is 5.64. The topological polar surface area (TPSA) is 71.5 Å². The van der Waals surface area contributed by atoms with E-state index in [-0.39, 0.29) is 11.8 Å². The van der Waals surface area contributed by atoms with Gasteiger partial charge in [-0.3, -0.25) is 19.9 Å². The van der Waals surface area contributed by atoms with Crippen LogP contribution in [-0.4, -0.2) is 47.9 Å². The number of nitrogens with one attached hydrogen (secondary N) is 1. The summed E-state index contributed by atoms with van der Waals surface area (Å²) in [7, 11) is 2.14. The molecule has 1 unspecified atom stereocenters. The lowest BCUT2D eigenvalue weighted by atomic mass is 9.93. The molecular weight excluding hydrogens is 282 g/mol. The van der Waals surface area contributed by atoms with Crippen LogP contribution in [0.4, 0.5) is 0 Å². The van der Waals surface area contributed by atoms with Crippen molar-refractivity contribution in [1.29, 1.82) is 0 Å². The van der Waals surface area contributed by atoms with E-state index >= 15 is 0 Å². The zero-order valence-corrected chi connectivity index (χ0v) is 12.7. The van der Waals surface area contributed by atoms with Crippen molar-refractivity contribution in [3.63, 3.8) is 0 Å². The maximum Gasteiger partial charge on any atom is 0.267 e. The number of amides is 2. The number of ether oxygens (including phenoxy) is 1. The standard InChI is InChI=1S/C16H21N3O3/c1-19-8-6-11(7-9-19)13-3-2-12(10-17-13)22-14-4-5-15(20)18-16(14)21/h2-3,10-11,14H,4-9H2,1H3,(H,18,20,21). The van der Waals surface area contributed by atoms with Crippen molar-refractivity contribution in [3.05, 3.63) is 24.0 Å². The van der Waals surface area contributed by atoms with Crippen molar-refractivity contribution < 1.29 is 14.3 Å². The molecule has 0 bridgehead atoms. The molecule has 22 heavy (non-hydrogen) atoms.